The van der Waals surface area contributed by atoms with Crippen molar-refractivity contribution in [2.75, 3.05) is 0 Å². The summed E-state index contributed by atoms with van der Waals surface area (Å²) in [6, 6.07) is 11.6. The summed E-state index contributed by atoms with van der Waals surface area (Å²) < 4.78 is 0. The molecule has 0 spiro atoms. The van der Waals surface area contributed by atoms with Crippen molar-refractivity contribution >= 4 is 11.0 Å². The average Bonchev–Trinajstić information content (AvgIpc) is 2.88. The van der Waals surface area contributed by atoms with Crippen LogP contribution < -0.4 is 0 Å². The van der Waals surface area contributed by atoms with Gasteiger partial charge in [0.25, 0.3) is 0 Å². The monoisotopic (exact) mass is 248 g/mol. The minimum Gasteiger partial charge on any atom is -0.342 e. The first-order valence-electron chi connectivity index (χ1n) is 6.13. The van der Waals surface area contributed by atoms with Gasteiger partial charge in [-0.2, -0.15) is 5.26 Å². The van der Waals surface area contributed by atoms with Gasteiger partial charge in [-0.1, -0.05) is 0 Å². The third kappa shape index (κ3) is 2.45. The van der Waals surface area contributed by atoms with Crippen molar-refractivity contribution in [2.45, 2.75) is 12.8 Å². The maximum atomic E-state index is 8.87. The molecule has 0 amide bonds. The molecule has 0 unspecified atom stereocenters. The quantitative estimate of drug-likeness (QED) is 0.774. The predicted molar refractivity (Wildman–Crippen MR) is 72.5 cm³/mol. The molecule has 0 radical (unpaired) electrons. The molecular formula is C15H12N4. The molecule has 4 heteroatoms. The second kappa shape index (κ2) is 4.91. The highest BCUT2D eigenvalue weighted by Gasteiger charge is 2.04. The largest absolute Gasteiger partial charge is 0.342 e. The number of nitrogens with one attached hydrogen (secondary N) is 1. The summed E-state index contributed by atoms with van der Waals surface area (Å²) >= 11 is 0. The van der Waals surface area contributed by atoms with Crippen LogP contribution in [0.2, 0.25) is 0 Å². The van der Waals surface area contributed by atoms with Gasteiger partial charge in [-0.3, -0.25) is 4.98 Å². The first-order chi connectivity index (χ1) is 9.35. The molecule has 0 fully saturated rings. The molecule has 4 nitrogen and oxygen atoms in total. The van der Waals surface area contributed by atoms with Gasteiger partial charge in [0.1, 0.15) is 5.82 Å². The van der Waals surface area contributed by atoms with Crippen LogP contribution in [0.3, 0.4) is 0 Å². The van der Waals surface area contributed by atoms with E-state index in [1.54, 1.807) is 18.5 Å². The van der Waals surface area contributed by atoms with E-state index < -0.39 is 0 Å². The number of hydrogen-bond donors (Lipinski definition) is 1. The summed E-state index contributed by atoms with van der Waals surface area (Å²) in [5, 5.41) is 8.87. The molecule has 0 atom stereocenters. The number of hydrogen-bond acceptors (Lipinski definition) is 3. The maximum absolute atomic E-state index is 8.87. The SMILES string of the molecule is N#Cc1ccc2nc(CCc3ccncc3)[nH]c2c1. The van der Waals surface area contributed by atoms with Gasteiger partial charge in [0, 0.05) is 18.8 Å². The van der Waals surface area contributed by atoms with E-state index in [4.69, 9.17) is 5.26 Å². The fourth-order valence-electron chi connectivity index (χ4n) is 2.06. The number of aromatic nitrogens is 3. The number of fused-ring (bicyclic) bond motifs is 1. The number of benzene rings is 1. The zero-order valence-electron chi connectivity index (χ0n) is 10.3. The van der Waals surface area contributed by atoms with Crippen LogP contribution >= 0.6 is 0 Å². The molecule has 0 aliphatic carbocycles. The molecule has 0 bridgehead atoms. The topological polar surface area (TPSA) is 65.4 Å². The summed E-state index contributed by atoms with van der Waals surface area (Å²) in [6.07, 6.45) is 5.37. The minimum atomic E-state index is 0.650. The first kappa shape index (κ1) is 11.4. The molecule has 19 heavy (non-hydrogen) atoms. The molecule has 1 aromatic carbocycles. The third-order valence-electron chi connectivity index (χ3n) is 3.06. The van der Waals surface area contributed by atoms with E-state index in [9.17, 15) is 0 Å². The lowest BCUT2D eigenvalue weighted by atomic mass is 10.1. The van der Waals surface area contributed by atoms with Crippen molar-refractivity contribution in [1.29, 1.82) is 5.26 Å². The van der Waals surface area contributed by atoms with Crippen LogP contribution in [0, 0.1) is 11.3 Å². The molecule has 0 aliphatic heterocycles. The van der Waals surface area contributed by atoms with Gasteiger partial charge >= 0.3 is 0 Å². The molecule has 1 N–H and O–H groups in total. The van der Waals surface area contributed by atoms with E-state index in [2.05, 4.69) is 21.0 Å². The van der Waals surface area contributed by atoms with Gasteiger partial charge < -0.3 is 4.98 Å². The van der Waals surface area contributed by atoms with E-state index in [1.165, 1.54) is 5.56 Å². The van der Waals surface area contributed by atoms with Gasteiger partial charge in [-0.25, -0.2) is 4.98 Å². The smallest absolute Gasteiger partial charge is 0.107 e. The molecule has 0 aliphatic rings. The Kier molecular flexibility index (Phi) is 2.95. The van der Waals surface area contributed by atoms with Crippen molar-refractivity contribution in [2.24, 2.45) is 0 Å². The van der Waals surface area contributed by atoms with E-state index in [1.807, 2.05) is 24.3 Å². The zero-order valence-corrected chi connectivity index (χ0v) is 10.3. The third-order valence-corrected chi connectivity index (χ3v) is 3.06. The Balaban J connectivity index is 1.80. The Morgan fingerprint density at radius 2 is 1.95 bits per heavy atom. The Labute approximate surface area is 110 Å². The van der Waals surface area contributed by atoms with Crippen molar-refractivity contribution in [3.8, 4) is 6.07 Å². The van der Waals surface area contributed by atoms with E-state index >= 15 is 0 Å². The lowest BCUT2D eigenvalue weighted by Gasteiger charge is -1.97. The van der Waals surface area contributed by atoms with Crippen molar-refractivity contribution in [1.82, 2.24) is 15.0 Å². The Morgan fingerprint density at radius 3 is 2.74 bits per heavy atom. The summed E-state index contributed by atoms with van der Waals surface area (Å²) in [6.45, 7) is 0. The number of aryl methyl sites for hydroxylation is 2. The maximum Gasteiger partial charge on any atom is 0.107 e. The first-order valence-corrected chi connectivity index (χ1v) is 6.13. The van der Waals surface area contributed by atoms with Crippen molar-refractivity contribution in [3.05, 3.63) is 59.7 Å². The molecule has 0 saturated carbocycles. The van der Waals surface area contributed by atoms with E-state index in [0.717, 1.165) is 29.7 Å². The average molecular weight is 248 g/mol. The molecule has 2 heterocycles. The summed E-state index contributed by atoms with van der Waals surface area (Å²) in [7, 11) is 0. The highest BCUT2D eigenvalue weighted by molar-refractivity contribution is 5.76. The zero-order chi connectivity index (χ0) is 13.1. The molecule has 3 rings (SSSR count). The van der Waals surface area contributed by atoms with Crippen LogP contribution in [0.5, 0.6) is 0 Å². The second-order valence-electron chi connectivity index (χ2n) is 4.38. The molecular weight excluding hydrogens is 236 g/mol. The standard InChI is InChI=1S/C15H12N4/c16-10-12-1-3-13-14(9-12)19-15(18-13)4-2-11-5-7-17-8-6-11/h1,3,5-9H,2,4H2,(H,18,19). The number of rotatable bonds is 3. The number of nitriles is 1. The number of aromatic amines is 1. The van der Waals surface area contributed by atoms with Crippen LogP contribution in [-0.2, 0) is 12.8 Å². The van der Waals surface area contributed by atoms with Crippen LogP contribution in [0.1, 0.15) is 17.0 Å². The van der Waals surface area contributed by atoms with Crippen molar-refractivity contribution in [3.63, 3.8) is 0 Å². The molecule has 92 valence electrons. The second-order valence-corrected chi connectivity index (χ2v) is 4.38. The number of nitrogens with zero attached hydrogens (tertiary/aromatic N) is 3. The van der Waals surface area contributed by atoms with Crippen LogP contribution in [0.25, 0.3) is 11.0 Å². The highest BCUT2D eigenvalue weighted by atomic mass is 14.9. The fraction of sp³-hybridized carbons (Fsp3) is 0.133. The van der Waals surface area contributed by atoms with Crippen molar-refractivity contribution < 1.29 is 0 Å². The molecule has 3 aromatic rings. The van der Waals surface area contributed by atoms with Gasteiger partial charge in [0.15, 0.2) is 0 Å². The van der Waals surface area contributed by atoms with Crippen LogP contribution in [0.15, 0.2) is 42.7 Å². The Bertz CT molecular complexity index is 738. The normalized spacial score (nSPS) is 10.5. The number of pyridine rings is 1. The number of imidazole rings is 1. The summed E-state index contributed by atoms with van der Waals surface area (Å²) in [5.41, 5.74) is 3.72. The van der Waals surface area contributed by atoms with Crippen LogP contribution in [0.4, 0.5) is 0 Å². The predicted octanol–water partition coefficient (Wildman–Crippen LogP) is 2.61. The summed E-state index contributed by atoms with van der Waals surface area (Å²) in [5.74, 6) is 0.946. The lowest BCUT2D eigenvalue weighted by Crippen LogP contribution is -1.93. The lowest BCUT2D eigenvalue weighted by molar-refractivity contribution is 0.888. The molecule has 2 aromatic heterocycles. The molecule has 0 saturated heterocycles. The minimum absolute atomic E-state index is 0.650. The van der Waals surface area contributed by atoms with E-state index in [-0.39, 0.29) is 0 Å². The van der Waals surface area contributed by atoms with E-state index in [0.29, 0.717) is 5.56 Å². The van der Waals surface area contributed by atoms with Gasteiger partial charge in [-0.05, 0) is 42.3 Å². The van der Waals surface area contributed by atoms with Gasteiger partial charge in [-0.15, -0.1) is 0 Å². The van der Waals surface area contributed by atoms with Gasteiger partial charge in [0.2, 0.25) is 0 Å². The summed E-state index contributed by atoms with van der Waals surface area (Å²) in [4.78, 5) is 11.8. The Hall–Kier alpha value is -2.67. The Morgan fingerprint density at radius 1 is 1.11 bits per heavy atom. The fourth-order valence-corrected chi connectivity index (χ4v) is 2.06. The highest BCUT2D eigenvalue weighted by Crippen LogP contribution is 2.14. The van der Waals surface area contributed by atoms with Gasteiger partial charge in [0.05, 0.1) is 22.7 Å². The number of H-pyrrole nitrogens is 1. The van der Waals surface area contributed by atoms with Crippen LogP contribution in [-0.4, -0.2) is 15.0 Å².